The first kappa shape index (κ1) is 32.4. The van der Waals surface area contributed by atoms with E-state index in [1.165, 1.54) is 18.7 Å². The summed E-state index contributed by atoms with van der Waals surface area (Å²) in [6.45, 7) is 9.64. The highest BCUT2D eigenvalue weighted by Crippen LogP contribution is 2.35. The molecule has 2 heterocycles. The number of nitrogens with zero attached hydrogens (tertiary/aromatic N) is 1. The van der Waals surface area contributed by atoms with E-state index in [9.17, 15) is 34.4 Å². The first-order valence-corrected chi connectivity index (χ1v) is 13.6. The fourth-order valence-electron chi connectivity index (χ4n) is 5.17. The molecule has 0 aromatic carbocycles. The van der Waals surface area contributed by atoms with E-state index in [4.69, 9.17) is 9.47 Å². The van der Waals surface area contributed by atoms with Gasteiger partial charge in [0, 0.05) is 6.54 Å². The number of carbonyl (C=O) groups is 2. The van der Waals surface area contributed by atoms with Crippen LogP contribution in [0.1, 0.15) is 80.1 Å². The van der Waals surface area contributed by atoms with Gasteiger partial charge in [0.15, 0.2) is 0 Å². The van der Waals surface area contributed by atoms with Gasteiger partial charge in [-0.3, -0.25) is 14.1 Å². The summed E-state index contributed by atoms with van der Waals surface area (Å²) in [5, 5.41) is 45.1. The molecule has 1 fully saturated rings. The molecule has 5 N–H and O–H groups in total. The normalized spacial score (nSPS) is 32.1. The van der Waals surface area contributed by atoms with E-state index in [0.29, 0.717) is 32.1 Å². The minimum absolute atomic E-state index is 0.182. The average Bonchev–Trinajstić information content (AvgIpc) is 3.05. The second kappa shape index (κ2) is 13.5. The van der Waals surface area contributed by atoms with Gasteiger partial charge in [0.05, 0.1) is 24.9 Å². The van der Waals surface area contributed by atoms with Crippen molar-refractivity contribution in [3.05, 3.63) is 11.6 Å². The van der Waals surface area contributed by atoms with Crippen LogP contribution in [-0.2, 0) is 14.3 Å². The Balaban J connectivity index is 2.35. The number of hydrogen-bond donors (Lipinski definition) is 5. The number of hydrogen-bond acceptors (Lipinski definition) is 8. The molecule has 2 rings (SSSR count). The molecule has 0 aromatic rings. The smallest absolute Gasteiger partial charge is 0.410 e. The van der Waals surface area contributed by atoms with Crippen LogP contribution in [0.25, 0.3) is 0 Å². The number of ether oxygens (including phenoxy) is 2. The molecule has 4 unspecified atom stereocenters. The summed E-state index contributed by atoms with van der Waals surface area (Å²) in [5.41, 5.74) is -1.41. The molecule has 10 nitrogen and oxygen atoms in total. The quantitative estimate of drug-likeness (QED) is 0.218. The van der Waals surface area contributed by atoms with Crippen LogP contribution in [0.5, 0.6) is 0 Å². The summed E-state index contributed by atoms with van der Waals surface area (Å²) in [5.74, 6) is -0.589. The first-order valence-electron chi connectivity index (χ1n) is 13.6. The van der Waals surface area contributed by atoms with Crippen LogP contribution in [0.3, 0.4) is 0 Å². The molecular formula is C27H47FN2O8. The number of rotatable bonds is 9. The Labute approximate surface area is 225 Å². The van der Waals surface area contributed by atoms with E-state index < -0.39 is 72.5 Å². The SMILES string of the molecule is CCC1OC(C)([C@H](NC(=O)[C@@H]2CC=C(CCCCF)CCN2C(=O)OC(C)(C)C)[C@@H](C)O)C(O)C(O)[C@H]1O. The lowest BCUT2D eigenvalue weighted by Crippen LogP contribution is -2.72. The maximum Gasteiger partial charge on any atom is 0.410 e. The van der Waals surface area contributed by atoms with Crippen molar-refractivity contribution in [1.29, 1.82) is 0 Å². The van der Waals surface area contributed by atoms with Crippen molar-refractivity contribution >= 4 is 12.0 Å². The first-order chi connectivity index (χ1) is 17.7. The molecule has 1 saturated heterocycles. The van der Waals surface area contributed by atoms with Crippen LogP contribution in [0.15, 0.2) is 11.6 Å². The van der Waals surface area contributed by atoms with E-state index in [1.54, 1.807) is 27.7 Å². The molecule has 0 radical (unpaired) electrons. The van der Waals surface area contributed by atoms with Gasteiger partial charge in [-0.2, -0.15) is 0 Å². The van der Waals surface area contributed by atoms with E-state index in [-0.39, 0.29) is 13.0 Å². The Kier molecular flexibility index (Phi) is 11.5. The molecule has 2 aliphatic heterocycles. The van der Waals surface area contributed by atoms with Gasteiger partial charge in [0.1, 0.15) is 35.6 Å². The molecule has 38 heavy (non-hydrogen) atoms. The van der Waals surface area contributed by atoms with E-state index >= 15 is 0 Å². The Morgan fingerprint density at radius 1 is 1.26 bits per heavy atom. The van der Waals surface area contributed by atoms with Crippen molar-refractivity contribution in [2.45, 2.75) is 134 Å². The van der Waals surface area contributed by atoms with Crippen LogP contribution < -0.4 is 5.32 Å². The van der Waals surface area contributed by atoms with Gasteiger partial charge in [-0.25, -0.2) is 4.79 Å². The van der Waals surface area contributed by atoms with Crippen LogP contribution in [-0.4, -0.2) is 104 Å². The van der Waals surface area contributed by atoms with E-state index in [2.05, 4.69) is 5.32 Å². The van der Waals surface area contributed by atoms with Crippen LogP contribution in [0, 0.1) is 0 Å². The summed E-state index contributed by atoms with van der Waals surface area (Å²) in [4.78, 5) is 28.2. The third-order valence-electron chi connectivity index (χ3n) is 7.34. The number of aliphatic hydroxyl groups is 4. The van der Waals surface area contributed by atoms with Crippen molar-refractivity contribution in [1.82, 2.24) is 10.2 Å². The maximum absolute atomic E-state index is 13.7. The standard InChI is InChI=1S/C27H47FN2O8/c1-7-19-20(32)21(33)23(34)27(6,37-19)22(16(2)31)29-24(35)18-12-11-17(10-8-9-14-28)13-15-30(18)25(36)38-26(3,4)5/h11,16,18-23,31-34H,7-10,12-15H2,1-6H3,(H,29,35)/t16-,18+,19?,20+,21?,22-,23?,27?/m1/s1. The molecule has 0 aromatic heterocycles. The van der Waals surface area contributed by atoms with E-state index in [0.717, 1.165) is 5.57 Å². The van der Waals surface area contributed by atoms with Gasteiger partial charge >= 0.3 is 6.09 Å². The monoisotopic (exact) mass is 546 g/mol. The number of carbonyl (C=O) groups excluding carboxylic acids is 2. The zero-order valence-corrected chi connectivity index (χ0v) is 23.5. The van der Waals surface area contributed by atoms with Crippen molar-refractivity contribution in [3.8, 4) is 0 Å². The number of alkyl halides is 1. The highest BCUT2D eigenvalue weighted by Gasteiger charge is 2.56. The molecule has 0 saturated carbocycles. The van der Waals surface area contributed by atoms with Crippen molar-refractivity contribution < 1.29 is 43.9 Å². The lowest BCUT2D eigenvalue weighted by Gasteiger charge is -2.51. The number of nitrogens with one attached hydrogen (secondary N) is 1. The number of halogens is 1. The topological polar surface area (TPSA) is 149 Å². The number of amides is 2. The maximum atomic E-state index is 13.7. The van der Waals surface area contributed by atoms with Crippen LogP contribution >= 0.6 is 0 Å². The molecule has 11 heteroatoms. The molecule has 0 aliphatic carbocycles. The van der Waals surface area contributed by atoms with Gasteiger partial charge in [0.2, 0.25) is 5.91 Å². The third kappa shape index (κ3) is 7.88. The second-order valence-corrected chi connectivity index (χ2v) is 11.6. The minimum atomic E-state index is -1.64. The zero-order valence-electron chi connectivity index (χ0n) is 23.5. The third-order valence-corrected chi connectivity index (χ3v) is 7.34. The van der Waals surface area contributed by atoms with Gasteiger partial charge in [-0.15, -0.1) is 0 Å². The molecule has 2 amide bonds. The molecule has 2 aliphatic rings. The van der Waals surface area contributed by atoms with Crippen LogP contribution in [0.2, 0.25) is 0 Å². The van der Waals surface area contributed by atoms with E-state index in [1.807, 2.05) is 6.08 Å². The van der Waals surface area contributed by atoms with Crippen LogP contribution in [0.4, 0.5) is 9.18 Å². The summed E-state index contributed by atoms with van der Waals surface area (Å²) in [6, 6.07) is -2.16. The van der Waals surface area contributed by atoms with Gasteiger partial charge in [-0.05, 0) is 73.1 Å². The lowest BCUT2D eigenvalue weighted by molar-refractivity contribution is -0.276. The molecule has 0 bridgehead atoms. The van der Waals surface area contributed by atoms with Crippen molar-refractivity contribution in [2.24, 2.45) is 0 Å². The largest absolute Gasteiger partial charge is 0.444 e. The average molecular weight is 547 g/mol. The van der Waals surface area contributed by atoms with Gasteiger partial charge in [0.25, 0.3) is 0 Å². The Morgan fingerprint density at radius 2 is 1.92 bits per heavy atom. The second-order valence-electron chi connectivity index (χ2n) is 11.6. The Morgan fingerprint density at radius 3 is 2.47 bits per heavy atom. The fourth-order valence-corrected chi connectivity index (χ4v) is 5.17. The highest BCUT2D eigenvalue weighted by atomic mass is 19.1. The van der Waals surface area contributed by atoms with Crippen molar-refractivity contribution in [3.63, 3.8) is 0 Å². The lowest BCUT2D eigenvalue weighted by atomic mass is 9.78. The molecule has 0 spiro atoms. The summed E-state index contributed by atoms with van der Waals surface area (Å²) in [6.07, 6.45) is -2.53. The van der Waals surface area contributed by atoms with Gasteiger partial charge < -0.3 is 35.2 Å². The predicted molar refractivity (Wildman–Crippen MR) is 139 cm³/mol. The predicted octanol–water partition coefficient (Wildman–Crippen LogP) is 1.97. The molecule has 8 atom stereocenters. The fraction of sp³-hybridized carbons (Fsp3) is 0.852. The summed E-state index contributed by atoms with van der Waals surface area (Å²) >= 11 is 0. The number of unbranched alkanes of at least 4 members (excludes halogenated alkanes) is 1. The Hall–Kier alpha value is -1.79. The Bertz CT molecular complexity index is 830. The highest BCUT2D eigenvalue weighted by molar-refractivity contribution is 5.86. The number of aliphatic hydroxyl groups excluding tert-OH is 4. The summed E-state index contributed by atoms with van der Waals surface area (Å²) in [7, 11) is 0. The molecule has 220 valence electrons. The molecular weight excluding hydrogens is 499 g/mol. The zero-order chi connectivity index (χ0) is 28.8. The summed E-state index contributed by atoms with van der Waals surface area (Å²) < 4.78 is 24.1. The van der Waals surface area contributed by atoms with Crippen molar-refractivity contribution in [2.75, 3.05) is 13.2 Å². The van der Waals surface area contributed by atoms with Gasteiger partial charge in [-0.1, -0.05) is 18.6 Å². The minimum Gasteiger partial charge on any atom is -0.444 e.